The third kappa shape index (κ3) is 2.24. The minimum Gasteiger partial charge on any atom is -0.424 e. The minimum atomic E-state index is 0.266. The third-order valence-electron chi connectivity index (χ3n) is 2.38. The standard InChI is InChI=1S/C13H8ClN3O/c14-10-7-16-13(17-8-10)18-11-3-4-12-9(6-11)2-1-5-15-12/h1-8H. The van der Waals surface area contributed by atoms with E-state index < -0.39 is 0 Å². The van der Waals surface area contributed by atoms with E-state index in [0.717, 1.165) is 10.9 Å². The van der Waals surface area contributed by atoms with E-state index in [0.29, 0.717) is 10.8 Å². The topological polar surface area (TPSA) is 47.9 Å². The lowest BCUT2D eigenvalue weighted by Crippen LogP contribution is -1.90. The van der Waals surface area contributed by atoms with E-state index in [4.69, 9.17) is 16.3 Å². The van der Waals surface area contributed by atoms with E-state index in [1.165, 1.54) is 12.4 Å². The third-order valence-corrected chi connectivity index (χ3v) is 2.58. The summed E-state index contributed by atoms with van der Waals surface area (Å²) >= 11 is 5.70. The van der Waals surface area contributed by atoms with Gasteiger partial charge in [-0.1, -0.05) is 17.7 Å². The van der Waals surface area contributed by atoms with Gasteiger partial charge in [-0.05, 0) is 24.3 Å². The highest BCUT2D eigenvalue weighted by molar-refractivity contribution is 6.30. The molecule has 4 nitrogen and oxygen atoms in total. The smallest absolute Gasteiger partial charge is 0.321 e. The number of aromatic nitrogens is 3. The molecule has 1 aromatic carbocycles. The molecule has 0 aliphatic carbocycles. The Morgan fingerprint density at radius 2 is 1.83 bits per heavy atom. The van der Waals surface area contributed by atoms with Crippen molar-refractivity contribution >= 4 is 22.5 Å². The Morgan fingerprint density at radius 1 is 1.00 bits per heavy atom. The molecule has 0 saturated heterocycles. The van der Waals surface area contributed by atoms with Crippen LogP contribution in [0.25, 0.3) is 10.9 Å². The summed E-state index contributed by atoms with van der Waals surface area (Å²) in [6.07, 6.45) is 4.74. The van der Waals surface area contributed by atoms with Crippen molar-refractivity contribution in [3.8, 4) is 11.8 Å². The van der Waals surface area contributed by atoms with Gasteiger partial charge in [-0.25, -0.2) is 9.97 Å². The number of nitrogens with zero attached hydrogens (tertiary/aromatic N) is 3. The minimum absolute atomic E-state index is 0.266. The normalized spacial score (nSPS) is 10.5. The average molecular weight is 258 g/mol. The first-order chi connectivity index (χ1) is 8.81. The lowest BCUT2D eigenvalue weighted by atomic mass is 10.2. The Kier molecular flexibility index (Phi) is 2.78. The van der Waals surface area contributed by atoms with Crippen LogP contribution in [0.4, 0.5) is 0 Å². The number of halogens is 1. The molecule has 3 aromatic rings. The molecule has 0 atom stereocenters. The Bertz CT molecular complexity index is 685. The van der Waals surface area contributed by atoms with Crippen molar-refractivity contribution < 1.29 is 4.74 Å². The molecule has 0 amide bonds. The summed E-state index contributed by atoms with van der Waals surface area (Å²) in [4.78, 5) is 12.2. The van der Waals surface area contributed by atoms with Gasteiger partial charge < -0.3 is 4.74 Å². The van der Waals surface area contributed by atoms with Gasteiger partial charge in [-0.3, -0.25) is 4.98 Å². The summed E-state index contributed by atoms with van der Waals surface area (Å²) in [5.41, 5.74) is 0.918. The zero-order valence-electron chi connectivity index (χ0n) is 9.25. The molecule has 0 N–H and O–H groups in total. The summed E-state index contributed by atoms with van der Waals surface area (Å²) < 4.78 is 5.53. The molecular formula is C13H8ClN3O. The van der Waals surface area contributed by atoms with E-state index >= 15 is 0 Å². The van der Waals surface area contributed by atoms with Gasteiger partial charge in [0.1, 0.15) is 5.75 Å². The second-order valence-electron chi connectivity index (χ2n) is 3.64. The molecule has 18 heavy (non-hydrogen) atoms. The second kappa shape index (κ2) is 4.58. The Morgan fingerprint density at radius 3 is 2.67 bits per heavy atom. The van der Waals surface area contributed by atoms with E-state index in [-0.39, 0.29) is 6.01 Å². The van der Waals surface area contributed by atoms with Crippen LogP contribution in [-0.2, 0) is 0 Å². The Balaban J connectivity index is 1.92. The molecular weight excluding hydrogens is 250 g/mol. The molecule has 0 aliphatic rings. The summed E-state index contributed by atoms with van der Waals surface area (Å²) in [7, 11) is 0. The number of ether oxygens (including phenoxy) is 1. The van der Waals surface area contributed by atoms with Gasteiger partial charge >= 0.3 is 6.01 Å². The number of hydrogen-bond donors (Lipinski definition) is 0. The van der Waals surface area contributed by atoms with Crippen molar-refractivity contribution in [2.24, 2.45) is 0 Å². The fourth-order valence-corrected chi connectivity index (χ4v) is 1.67. The molecule has 0 saturated carbocycles. The van der Waals surface area contributed by atoms with Crippen molar-refractivity contribution in [3.05, 3.63) is 53.9 Å². The van der Waals surface area contributed by atoms with E-state index in [1.807, 2.05) is 30.3 Å². The molecule has 5 heteroatoms. The van der Waals surface area contributed by atoms with Crippen LogP contribution in [-0.4, -0.2) is 15.0 Å². The maximum atomic E-state index is 5.70. The van der Waals surface area contributed by atoms with Crippen molar-refractivity contribution in [2.45, 2.75) is 0 Å². The van der Waals surface area contributed by atoms with Crippen LogP contribution in [0.15, 0.2) is 48.9 Å². The summed E-state index contributed by atoms with van der Waals surface area (Å²) in [5.74, 6) is 0.665. The molecule has 0 spiro atoms. The molecule has 0 radical (unpaired) electrons. The SMILES string of the molecule is Clc1cnc(Oc2ccc3ncccc3c2)nc1. The molecule has 0 unspecified atom stereocenters. The Hall–Kier alpha value is -2.20. The fourth-order valence-electron chi connectivity index (χ4n) is 1.58. The van der Waals surface area contributed by atoms with E-state index in [9.17, 15) is 0 Å². The van der Waals surface area contributed by atoms with Crippen LogP contribution in [0.5, 0.6) is 11.8 Å². The first-order valence-corrected chi connectivity index (χ1v) is 5.69. The molecule has 2 aromatic heterocycles. The van der Waals surface area contributed by atoms with Gasteiger partial charge in [-0.2, -0.15) is 0 Å². The maximum Gasteiger partial charge on any atom is 0.321 e. The first kappa shape index (κ1) is 10.9. The highest BCUT2D eigenvalue weighted by Gasteiger charge is 2.02. The zero-order chi connectivity index (χ0) is 12.4. The summed E-state index contributed by atoms with van der Waals surface area (Å²) in [6.45, 7) is 0. The predicted octanol–water partition coefficient (Wildman–Crippen LogP) is 3.47. The van der Waals surface area contributed by atoms with E-state index in [2.05, 4.69) is 15.0 Å². The summed E-state index contributed by atoms with van der Waals surface area (Å²) in [6, 6.07) is 9.72. The lowest BCUT2D eigenvalue weighted by Gasteiger charge is -2.04. The van der Waals surface area contributed by atoms with Gasteiger partial charge in [0.15, 0.2) is 0 Å². The highest BCUT2D eigenvalue weighted by atomic mass is 35.5. The molecule has 88 valence electrons. The van der Waals surface area contributed by atoms with Gasteiger partial charge in [0, 0.05) is 11.6 Å². The zero-order valence-corrected chi connectivity index (χ0v) is 10.0. The van der Waals surface area contributed by atoms with Gasteiger partial charge in [-0.15, -0.1) is 0 Å². The highest BCUT2D eigenvalue weighted by Crippen LogP contribution is 2.22. The van der Waals surface area contributed by atoms with Crippen molar-refractivity contribution in [1.82, 2.24) is 15.0 Å². The van der Waals surface area contributed by atoms with Crippen LogP contribution in [0, 0.1) is 0 Å². The fraction of sp³-hybridized carbons (Fsp3) is 0. The van der Waals surface area contributed by atoms with Gasteiger partial charge in [0.05, 0.1) is 22.9 Å². The van der Waals surface area contributed by atoms with E-state index in [1.54, 1.807) is 6.20 Å². The van der Waals surface area contributed by atoms with Crippen LogP contribution >= 0.6 is 11.6 Å². The number of fused-ring (bicyclic) bond motifs is 1. The quantitative estimate of drug-likeness (QED) is 0.705. The lowest BCUT2D eigenvalue weighted by molar-refractivity contribution is 0.442. The molecule has 0 aliphatic heterocycles. The van der Waals surface area contributed by atoms with Crippen molar-refractivity contribution in [3.63, 3.8) is 0 Å². The largest absolute Gasteiger partial charge is 0.424 e. The monoisotopic (exact) mass is 257 g/mol. The second-order valence-corrected chi connectivity index (χ2v) is 4.08. The maximum absolute atomic E-state index is 5.70. The van der Waals surface area contributed by atoms with Gasteiger partial charge in [0.25, 0.3) is 0 Å². The van der Waals surface area contributed by atoms with Gasteiger partial charge in [0.2, 0.25) is 0 Å². The summed E-state index contributed by atoms with van der Waals surface area (Å²) in [5, 5.41) is 1.48. The number of benzene rings is 1. The van der Waals surface area contributed by atoms with Crippen molar-refractivity contribution in [1.29, 1.82) is 0 Å². The molecule has 2 heterocycles. The van der Waals surface area contributed by atoms with Crippen molar-refractivity contribution in [2.75, 3.05) is 0 Å². The van der Waals surface area contributed by atoms with Crippen LogP contribution in [0.1, 0.15) is 0 Å². The van der Waals surface area contributed by atoms with Crippen LogP contribution < -0.4 is 4.74 Å². The number of pyridine rings is 1. The Labute approximate surface area is 108 Å². The first-order valence-electron chi connectivity index (χ1n) is 5.31. The van der Waals surface area contributed by atoms with Crippen LogP contribution in [0.2, 0.25) is 5.02 Å². The molecule has 0 bridgehead atoms. The molecule has 3 rings (SSSR count). The van der Waals surface area contributed by atoms with Crippen LogP contribution in [0.3, 0.4) is 0 Å². The molecule has 0 fully saturated rings. The predicted molar refractivity (Wildman–Crippen MR) is 68.9 cm³/mol. The number of rotatable bonds is 2. The average Bonchev–Trinajstić information content (AvgIpc) is 2.41. The number of hydrogen-bond acceptors (Lipinski definition) is 4.